The van der Waals surface area contributed by atoms with Gasteiger partial charge in [-0.2, -0.15) is 0 Å². The van der Waals surface area contributed by atoms with E-state index in [0.29, 0.717) is 16.4 Å². The lowest BCUT2D eigenvalue weighted by Gasteiger charge is -2.02. The number of pyridine rings is 1. The fraction of sp³-hybridized carbons (Fsp3) is 0.0909. The number of nitrogens with zero attached hydrogens (tertiary/aromatic N) is 3. The molecular formula is C11H8ClN3OS. The van der Waals surface area contributed by atoms with Gasteiger partial charge < -0.3 is 0 Å². The lowest BCUT2D eigenvalue weighted by molar-refractivity contribution is 0.103. The average Bonchev–Trinajstić information content (AvgIpc) is 2.38. The zero-order valence-corrected chi connectivity index (χ0v) is 10.5. The number of rotatable bonds is 3. The van der Waals surface area contributed by atoms with E-state index in [1.54, 1.807) is 24.4 Å². The number of halogens is 1. The van der Waals surface area contributed by atoms with Crippen molar-refractivity contribution in [1.29, 1.82) is 0 Å². The Balaban J connectivity index is 2.40. The van der Waals surface area contributed by atoms with Gasteiger partial charge >= 0.3 is 0 Å². The highest BCUT2D eigenvalue weighted by molar-refractivity contribution is 7.98. The van der Waals surface area contributed by atoms with Crippen LogP contribution in [0.3, 0.4) is 0 Å². The molecule has 2 rings (SSSR count). The Labute approximate surface area is 107 Å². The molecule has 0 unspecified atom stereocenters. The summed E-state index contributed by atoms with van der Waals surface area (Å²) >= 11 is 7.24. The van der Waals surface area contributed by atoms with Crippen molar-refractivity contribution >= 4 is 29.1 Å². The maximum atomic E-state index is 12.1. The van der Waals surface area contributed by atoms with Crippen LogP contribution in [-0.4, -0.2) is 27.0 Å². The second-order valence-electron chi connectivity index (χ2n) is 3.10. The van der Waals surface area contributed by atoms with Crippen molar-refractivity contribution in [3.8, 4) is 0 Å². The number of carbonyl (C=O) groups is 1. The Bertz CT molecular complexity index is 562. The predicted octanol–water partition coefficient (Wildman–Crippen LogP) is 2.48. The molecule has 6 heteroatoms. The SMILES string of the molecule is CSc1nccc(C(=O)c2cccnc2Cl)n1. The molecule has 0 atom stereocenters. The molecule has 0 saturated heterocycles. The number of hydrogen-bond acceptors (Lipinski definition) is 5. The summed E-state index contributed by atoms with van der Waals surface area (Å²) in [5.74, 6) is -0.249. The van der Waals surface area contributed by atoms with E-state index in [1.165, 1.54) is 18.0 Å². The minimum absolute atomic E-state index is 0.182. The smallest absolute Gasteiger partial charge is 0.214 e. The van der Waals surface area contributed by atoms with Crippen molar-refractivity contribution in [3.05, 3.63) is 47.0 Å². The lowest BCUT2D eigenvalue weighted by Crippen LogP contribution is -2.06. The zero-order valence-electron chi connectivity index (χ0n) is 8.92. The molecule has 0 bridgehead atoms. The molecule has 2 heterocycles. The van der Waals surface area contributed by atoms with Crippen molar-refractivity contribution in [2.24, 2.45) is 0 Å². The standard InChI is InChI=1S/C11H8ClN3OS/c1-17-11-14-6-4-8(15-11)9(16)7-3-2-5-13-10(7)12/h2-6H,1H3. The van der Waals surface area contributed by atoms with E-state index in [4.69, 9.17) is 11.6 Å². The van der Waals surface area contributed by atoms with Crippen molar-refractivity contribution in [3.63, 3.8) is 0 Å². The molecule has 17 heavy (non-hydrogen) atoms. The monoisotopic (exact) mass is 265 g/mol. The number of hydrogen-bond donors (Lipinski definition) is 0. The highest BCUT2D eigenvalue weighted by Gasteiger charge is 2.15. The molecular weight excluding hydrogens is 258 g/mol. The van der Waals surface area contributed by atoms with Crippen LogP contribution in [-0.2, 0) is 0 Å². The van der Waals surface area contributed by atoms with E-state index in [1.807, 2.05) is 6.26 Å². The summed E-state index contributed by atoms with van der Waals surface area (Å²) in [4.78, 5) is 24.1. The molecule has 0 saturated carbocycles. The molecule has 86 valence electrons. The van der Waals surface area contributed by atoms with E-state index >= 15 is 0 Å². The van der Waals surface area contributed by atoms with Crippen LogP contribution in [0.1, 0.15) is 16.1 Å². The highest BCUT2D eigenvalue weighted by Crippen LogP contribution is 2.16. The maximum absolute atomic E-state index is 12.1. The van der Waals surface area contributed by atoms with Crippen LogP contribution < -0.4 is 0 Å². The van der Waals surface area contributed by atoms with Crippen molar-refractivity contribution in [1.82, 2.24) is 15.0 Å². The van der Waals surface area contributed by atoms with Gasteiger partial charge in [0.05, 0.1) is 5.56 Å². The normalized spacial score (nSPS) is 10.2. The molecule has 0 fully saturated rings. The van der Waals surface area contributed by atoms with Crippen molar-refractivity contribution in [2.75, 3.05) is 6.26 Å². The van der Waals surface area contributed by atoms with Gasteiger partial charge in [0.25, 0.3) is 0 Å². The van der Waals surface area contributed by atoms with Crippen LogP contribution in [0.4, 0.5) is 0 Å². The van der Waals surface area contributed by atoms with Gasteiger partial charge in [0.1, 0.15) is 10.8 Å². The van der Waals surface area contributed by atoms with Crippen molar-refractivity contribution in [2.45, 2.75) is 5.16 Å². The van der Waals surface area contributed by atoms with E-state index in [2.05, 4.69) is 15.0 Å². The first-order chi connectivity index (χ1) is 8.22. The van der Waals surface area contributed by atoms with E-state index in [9.17, 15) is 4.79 Å². The fourth-order valence-corrected chi connectivity index (χ4v) is 1.82. The first-order valence-electron chi connectivity index (χ1n) is 4.74. The van der Waals surface area contributed by atoms with Gasteiger partial charge in [-0.3, -0.25) is 4.79 Å². The van der Waals surface area contributed by atoms with Crippen LogP contribution in [0, 0.1) is 0 Å². The van der Waals surface area contributed by atoms with Crippen molar-refractivity contribution < 1.29 is 4.79 Å². The summed E-state index contributed by atoms with van der Waals surface area (Å²) in [5, 5.41) is 0.734. The van der Waals surface area contributed by atoms with E-state index < -0.39 is 0 Å². The summed E-state index contributed by atoms with van der Waals surface area (Å²) in [5.41, 5.74) is 0.666. The van der Waals surface area contributed by atoms with Crippen LogP contribution in [0.2, 0.25) is 5.15 Å². The third-order valence-electron chi connectivity index (χ3n) is 2.05. The lowest BCUT2D eigenvalue weighted by atomic mass is 10.1. The summed E-state index contributed by atoms with van der Waals surface area (Å²) in [6.07, 6.45) is 4.93. The zero-order chi connectivity index (χ0) is 12.3. The Hall–Kier alpha value is -1.46. The summed E-state index contributed by atoms with van der Waals surface area (Å²) in [6.45, 7) is 0. The Morgan fingerprint density at radius 1 is 1.29 bits per heavy atom. The Morgan fingerprint density at radius 3 is 2.82 bits per heavy atom. The van der Waals surface area contributed by atoms with Gasteiger partial charge in [-0.1, -0.05) is 23.4 Å². The molecule has 0 radical (unpaired) electrons. The molecule has 2 aromatic heterocycles. The molecule has 0 N–H and O–H groups in total. The highest BCUT2D eigenvalue weighted by atomic mass is 35.5. The first kappa shape index (κ1) is 12.0. The van der Waals surface area contributed by atoms with Gasteiger partial charge in [-0.05, 0) is 24.5 Å². The van der Waals surface area contributed by atoms with Gasteiger partial charge in [0.2, 0.25) is 5.78 Å². The van der Waals surface area contributed by atoms with E-state index in [-0.39, 0.29) is 10.9 Å². The molecule has 0 aliphatic carbocycles. The van der Waals surface area contributed by atoms with Crippen LogP contribution in [0.15, 0.2) is 35.7 Å². The molecule has 4 nitrogen and oxygen atoms in total. The molecule has 0 amide bonds. The molecule has 2 aromatic rings. The molecule has 0 aromatic carbocycles. The second kappa shape index (κ2) is 5.25. The topological polar surface area (TPSA) is 55.7 Å². The number of thioether (sulfide) groups is 1. The third-order valence-corrected chi connectivity index (χ3v) is 2.92. The Morgan fingerprint density at radius 2 is 2.12 bits per heavy atom. The fourth-order valence-electron chi connectivity index (χ4n) is 1.26. The number of ketones is 1. The summed E-state index contributed by atoms with van der Waals surface area (Å²) in [7, 11) is 0. The summed E-state index contributed by atoms with van der Waals surface area (Å²) < 4.78 is 0. The summed E-state index contributed by atoms with van der Waals surface area (Å²) in [6, 6.07) is 4.85. The minimum Gasteiger partial charge on any atom is -0.287 e. The minimum atomic E-state index is -0.249. The molecule has 0 aliphatic rings. The van der Waals surface area contributed by atoms with E-state index in [0.717, 1.165) is 0 Å². The molecule has 0 aliphatic heterocycles. The van der Waals surface area contributed by atoms with Gasteiger partial charge in [-0.25, -0.2) is 15.0 Å². The van der Waals surface area contributed by atoms with Gasteiger partial charge in [-0.15, -0.1) is 0 Å². The largest absolute Gasteiger partial charge is 0.287 e. The molecule has 0 spiro atoms. The maximum Gasteiger partial charge on any atom is 0.214 e. The van der Waals surface area contributed by atoms with Crippen LogP contribution in [0.25, 0.3) is 0 Å². The van der Waals surface area contributed by atoms with Gasteiger partial charge in [0.15, 0.2) is 5.16 Å². The van der Waals surface area contributed by atoms with Crippen LogP contribution >= 0.6 is 23.4 Å². The number of carbonyl (C=O) groups excluding carboxylic acids is 1. The quantitative estimate of drug-likeness (QED) is 0.369. The van der Waals surface area contributed by atoms with Crippen LogP contribution in [0.5, 0.6) is 0 Å². The Kier molecular flexibility index (Phi) is 3.71. The number of aromatic nitrogens is 3. The third kappa shape index (κ3) is 2.62. The predicted molar refractivity (Wildman–Crippen MR) is 66.5 cm³/mol. The first-order valence-corrected chi connectivity index (χ1v) is 6.35. The second-order valence-corrected chi connectivity index (χ2v) is 4.23. The van der Waals surface area contributed by atoms with Gasteiger partial charge in [0, 0.05) is 12.4 Å². The average molecular weight is 266 g/mol.